The van der Waals surface area contributed by atoms with Crippen LogP contribution in [-0.2, 0) is 4.74 Å². The van der Waals surface area contributed by atoms with E-state index < -0.39 is 29.1 Å². The number of ether oxygens (including phenoxy) is 3. The molecule has 8 nitrogen and oxygen atoms in total. The van der Waals surface area contributed by atoms with Gasteiger partial charge in [-0.15, -0.1) is 0 Å². The van der Waals surface area contributed by atoms with Gasteiger partial charge in [0, 0.05) is 0 Å². The number of esters is 1. The van der Waals surface area contributed by atoms with Crippen LogP contribution in [0.5, 0.6) is 11.5 Å². The second-order valence-electron chi connectivity index (χ2n) is 5.09. The molecule has 0 radical (unpaired) electrons. The number of nitriles is 2. The Morgan fingerprint density at radius 1 is 0.862 bits per heavy atom. The fraction of sp³-hybridized carbons (Fsp3) is 0.158. The Morgan fingerprint density at radius 3 is 1.62 bits per heavy atom. The Bertz CT molecular complexity index is 1020. The summed E-state index contributed by atoms with van der Waals surface area (Å²) in [5.74, 6) is -3.78. The highest BCUT2D eigenvalue weighted by Gasteiger charge is 2.17. The Balaban J connectivity index is 0.000000291. The number of rotatable bonds is 4. The molecule has 0 unspecified atom stereocenters. The summed E-state index contributed by atoms with van der Waals surface area (Å²) < 4.78 is 40.2. The monoisotopic (exact) mass is 404 g/mol. The fourth-order valence-corrected chi connectivity index (χ4v) is 2.05. The van der Waals surface area contributed by atoms with Gasteiger partial charge in [0.1, 0.15) is 35.3 Å². The molecule has 10 heteroatoms. The summed E-state index contributed by atoms with van der Waals surface area (Å²) in [4.78, 5) is 21.6. The van der Waals surface area contributed by atoms with Gasteiger partial charge in [-0.25, -0.2) is 18.4 Å². The maximum absolute atomic E-state index is 13.3. The molecular weight excluding hydrogens is 390 g/mol. The van der Waals surface area contributed by atoms with E-state index >= 15 is 0 Å². The summed E-state index contributed by atoms with van der Waals surface area (Å²) in [6.07, 6.45) is 0. The zero-order chi connectivity index (χ0) is 22.1. The van der Waals surface area contributed by atoms with Gasteiger partial charge in [0.15, 0.2) is 0 Å². The molecule has 0 bridgehead atoms. The summed E-state index contributed by atoms with van der Waals surface area (Å²) in [7, 11) is 3.75. The summed E-state index contributed by atoms with van der Waals surface area (Å²) in [5, 5.41) is 25.8. The smallest absolute Gasteiger partial charge is 0.340 e. The van der Waals surface area contributed by atoms with Gasteiger partial charge in [0.2, 0.25) is 0 Å². The van der Waals surface area contributed by atoms with Gasteiger partial charge in [0.05, 0.1) is 43.6 Å². The van der Waals surface area contributed by atoms with E-state index in [4.69, 9.17) is 25.1 Å². The van der Waals surface area contributed by atoms with E-state index in [1.807, 2.05) is 0 Å². The normalized spacial score (nSPS) is 9.21. The minimum atomic E-state index is -1.40. The number of methoxy groups -OCH3 is 3. The molecule has 0 saturated heterocycles. The topological polar surface area (TPSA) is 130 Å². The molecule has 29 heavy (non-hydrogen) atoms. The molecule has 1 N–H and O–H groups in total. The van der Waals surface area contributed by atoms with Crippen molar-refractivity contribution in [2.75, 3.05) is 21.3 Å². The number of carbonyl (C=O) groups excluding carboxylic acids is 1. The van der Waals surface area contributed by atoms with Crippen LogP contribution < -0.4 is 9.47 Å². The molecule has 0 fully saturated rings. The van der Waals surface area contributed by atoms with Gasteiger partial charge in [-0.3, -0.25) is 0 Å². The SMILES string of the molecule is COC(=O)c1cc(OC)c(C#N)cc1F.COc1cc(C(=O)O)c(F)cc1C#N. The first kappa shape index (κ1) is 22.9. The Morgan fingerprint density at radius 2 is 1.28 bits per heavy atom. The number of halogens is 2. The number of nitrogens with zero attached hydrogens (tertiary/aromatic N) is 2. The van der Waals surface area contributed by atoms with Gasteiger partial charge >= 0.3 is 11.9 Å². The van der Waals surface area contributed by atoms with Gasteiger partial charge in [-0.1, -0.05) is 0 Å². The van der Waals surface area contributed by atoms with E-state index in [0.29, 0.717) is 0 Å². The van der Waals surface area contributed by atoms with Crippen molar-refractivity contribution in [3.05, 3.63) is 58.2 Å². The average molecular weight is 404 g/mol. The molecule has 0 aliphatic carbocycles. The average Bonchev–Trinajstić information content (AvgIpc) is 2.72. The molecule has 0 aliphatic heterocycles. The number of carbonyl (C=O) groups is 2. The second kappa shape index (κ2) is 10.2. The van der Waals surface area contributed by atoms with Crippen LogP contribution in [0.25, 0.3) is 0 Å². The molecule has 0 aromatic heterocycles. The van der Waals surface area contributed by atoms with Crippen molar-refractivity contribution in [2.24, 2.45) is 0 Å². The van der Waals surface area contributed by atoms with E-state index in [-0.39, 0.29) is 28.2 Å². The van der Waals surface area contributed by atoms with E-state index in [1.54, 1.807) is 12.1 Å². The Hall–Kier alpha value is -4.18. The third-order valence-electron chi connectivity index (χ3n) is 3.45. The van der Waals surface area contributed by atoms with Crippen molar-refractivity contribution in [3.8, 4) is 23.6 Å². The number of carboxylic acid groups (broad SMARTS) is 1. The second-order valence-corrected chi connectivity index (χ2v) is 5.09. The maximum atomic E-state index is 13.3. The molecule has 0 atom stereocenters. The van der Waals surface area contributed by atoms with Gasteiger partial charge in [-0.05, 0) is 24.3 Å². The van der Waals surface area contributed by atoms with Crippen LogP contribution in [0.1, 0.15) is 31.8 Å². The number of benzene rings is 2. The maximum Gasteiger partial charge on any atom is 0.340 e. The van der Waals surface area contributed by atoms with Crippen molar-refractivity contribution in [1.82, 2.24) is 0 Å². The molecular formula is C19H14F2N2O6. The van der Waals surface area contributed by atoms with Crippen molar-refractivity contribution in [1.29, 1.82) is 10.5 Å². The summed E-state index contributed by atoms with van der Waals surface area (Å²) in [6, 6.07) is 7.34. The Kier molecular flexibility index (Phi) is 8.06. The van der Waals surface area contributed by atoms with Crippen LogP contribution >= 0.6 is 0 Å². The molecule has 150 valence electrons. The summed E-state index contributed by atoms with van der Waals surface area (Å²) in [6.45, 7) is 0. The van der Waals surface area contributed by atoms with Crippen LogP contribution in [0.3, 0.4) is 0 Å². The zero-order valence-electron chi connectivity index (χ0n) is 15.4. The van der Waals surface area contributed by atoms with Crippen LogP contribution in [0.15, 0.2) is 24.3 Å². The molecule has 0 amide bonds. The van der Waals surface area contributed by atoms with Crippen LogP contribution in [-0.4, -0.2) is 38.4 Å². The summed E-state index contributed by atoms with van der Waals surface area (Å²) >= 11 is 0. The highest BCUT2D eigenvalue weighted by molar-refractivity contribution is 5.90. The number of carboxylic acids is 1. The highest BCUT2D eigenvalue weighted by Crippen LogP contribution is 2.23. The molecule has 2 aromatic carbocycles. The van der Waals surface area contributed by atoms with Gasteiger partial charge in [0.25, 0.3) is 0 Å². The zero-order valence-corrected chi connectivity index (χ0v) is 15.4. The molecule has 0 spiro atoms. The van der Waals surface area contributed by atoms with Gasteiger partial charge < -0.3 is 19.3 Å². The predicted molar refractivity (Wildman–Crippen MR) is 93.6 cm³/mol. The quantitative estimate of drug-likeness (QED) is 0.770. The molecule has 0 aliphatic rings. The number of aromatic carboxylic acids is 1. The lowest BCUT2D eigenvalue weighted by Gasteiger charge is -2.06. The number of hydrogen-bond donors (Lipinski definition) is 1. The first-order chi connectivity index (χ1) is 13.7. The highest BCUT2D eigenvalue weighted by atomic mass is 19.1. The molecule has 2 aromatic rings. The largest absolute Gasteiger partial charge is 0.495 e. The van der Waals surface area contributed by atoms with Crippen molar-refractivity contribution >= 4 is 11.9 Å². The Labute approximate surface area is 164 Å². The molecule has 0 heterocycles. The summed E-state index contributed by atoms with van der Waals surface area (Å²) in [5.41, 5.74) is -0.771. The fourth-order valence-electron chi connectivity index (χ4n) is 2.05. The van der Waals surface area contributed by atoms with Crippen LogP contribution in [0, 0.1) is 34.3 Å². The third kappa shape index (κ3) is 5.40. The van der Waals surface area contributed by atoms with Crippen LogP contribution in [0.2, 0.25) is 0 Å². The number of hydrogen-bond acceptors (Lipinski definition) is 7. The third-order valence-corrected chi connectivity index (χ3v) is 3.45. The lowest BCUT2D eigenvalue weighted by molar-refractivity contribution is 0.0594. The van der Waals surface area contributed by atoms with Crippen molar-refractivity contribution in [3.63, 3.8) is 0 Å². The van der Waals surface area contributed by atoms with E-state index in [9.17, 15) is 18.4 Å². The standard InChI is InChI=1S/C10H8FNO3.C9H6FNO3/c1-14-9-4-7(10(13)15-2)8(11)3-6(9)5-12;1-14-8-3-6(9(12)13)7(10)2-5(8)4-11/h3-4H,1-2H3;2-3H,1H3,(H,12,13). The van der Waals surface area contributed by atoms with Crippen LogP contribution in [0.4, 0.5) is 8.78 Å². The molecule has 2 rings (SSSR count). The van der Waals surface area contributed by atoms with E-state index in [1.165, 1.54) is 14.2 Å². The van der Waals surface area contributed by atoms with E-state index in [0.717, 1.165) is 31.4 Å². The predicted octanol–water partition coefficient (Wildman–Crippen LogP) is 2.90. The first-order valence-electron chi connectivity index (χ1n) is 7.60. The minimum Gasteiger partial charge on any atom is -0.495 e. The first-order valence-corrected chi connectivity index (χ1v) is 7.60. The van der Waals surface area contributed by atoms with Gasteiger partial charge in [-0.2, -0.15) is 10.5 Å². The van der Waals surface area contributed by atoms with Crippen molar-refractivity contribution < 1.29 is 37.7 Å². The minimum absolute atomic E-state index is 0.0302. The lowest BCUT2D eigenvalue weighted by Crippen LogP contribution is -2.05. The van der Waals surface area contributed by atoms with E-state index in [2.05, 4.69) is 4.74 Å². The van der Waals surface area contributed by atoms with Crippen molar-refractivity contribution in [2.45, 2.75) is 0 Å². The molecule has 0 saturated carbocycles. The lowest BCUT2D eigenvalue weighted by atomic mass is 10.1.